The molecule has 1 aromatic heterocycles. The van der Waals surface area contributed by atoms with Gasteiger partial charge in [-0.2, -0.15) is 0 Å². The minimum absolute atomic E-state index is 0.00774. The van der Waals surface area contributed by atoms with Crippen LogP contribution in [0, 0.1) is 6.92 Å². The number of unbranched alkanes of at least 4 members (excludes halogenated alkanes) is 2. The number of ether oxygens (including phenoxy) is 1. The molecular weight excluding hydrogens is 406 g/mol. The maximum absolute atomic E-state index is 13.3. The summed E-state index contributed by atoms with van der Waals surface area (Å²) in [6.45, 7) is 6.86. The predicted molar refractivity (Wildman–Crippen MR) is 124 cm³/mol. The van der Waals surface area contributed by atoms with Crippen LogP contribution in [-0.4, -0.2) is 34.5 Å². The fourth-order valence-corrected chi connectivity index (χ4v) is 3.66. The van der Waals surface area contributed by atoms with Crippen LogP contribution in [0.4, 0.5) is 0 Å². The van der Waals surface area contributed by atoms with E-state index in [1.165, 1.54) is 0 Å². The quantitative estimate of drug-likeness (QED) is 0.383. The molecule has 1 N–H and O–H groups in total. The minimum atomic E-state index is -0.767. The first kappa shape index (κ1) is 23.4. The Bertz CT molecular complexity index is 1070. The van der Waals surface area contributed by atoms with Crippen molar-refractivity contribution in [3.63, 3.8) is 0 Å². The second kappa shape index (κ2) is 10.8. The standard InChI is InChI=1S/C26H31NO5/c1-18(2)27(26(30)20-12-13-24-22(16-20)15-19(3)32-24)17-21-9-6-7-10-23(21)31-14-8-4-5-11-25(28)29/h6-7,9-10,12-13,15-16,18H,4-5,8,11,14,17H2,1-3H3,(H,28,29). The van der Waals surface area contributed by atoms with Crippen LogP contribution < -0.4 is 4.74 Å². The van der Waals surface area contributed by atoms with Crippen molar-refractivity contribution in [1.29, 1.82) is 0 Å². The van der Waals surface area contributed by atoms with Gasteiger partial charge in [0, 0.05) is 35.5 Å². The summed E-state index contributed by atoms with van der Waals surface area (Å²) in [5, 5.41) is 9.65. The van der Waals surface area contributed by atoms with E-state index in [-0.39, 0.29) is 18.4 Å². The normalized spacial score (nSPS) is 11.1. The number of aryl methyl sites for hydroxylation is 1. The van der Waals surface area contributed by atoms with E-state index in [9.17, 15) is 9.59 Å². The minimum Gasteiger partial charge on any atom is -0.493 e. The third-order valence-electron chi connectivity index (χ3n) is 5.38. The molecule has 0 radical (unpaired) electrons. The first-order chi connectivity index (χ1) is 15.3. The molecule has 0 spiro atoms. The number of para-hydroxylation sites is 1. The lowest BCUT2D eigenvalue weighted by Crippen LogP contribution is -2.36. The molecule has 0 saturated carbocycles. The maximum Gasteiger partial charge on any atom is 0.303 e. The molecule has 2 aromatic carbocycles. The number of furan rings is 1. The van der Waals surface area contributed by atoms with Crippen molar-refractivity contribution in [3.8, 4) is 5.75 Å². The summed E-state index contributed by atoms with van der Waals surface area (Å²) in [5.74, 6) is 0.769. The molecule has 3 rings (SSSR count). The second-order valence-electron chi connectivity index (χ2n) is 8.30. The van der Waals surface area contributed by atoms with Crippen molar-refractivity contribution in [1.82, 2.24) is 4.90 Å². The SMILES string of the molecule is Cc1cc2cc(C(=O)N(Cc3ccccc3OCCCCCC(=O)O)C(C)C)ccc2o1. The number of hydrogen-bond acceptors (Lipinski definition) is 4. The zero-order valence-electron chi connectivity index (χ0n) is 19.0. The second-order valence-corrected chi connectivity index (χ2v) is 8.30. The molecule has 0 aliphatic rings. The average molecular weight is 438 g/mol. The van der Waals surface area contributed by atoms with Crippen molar-refractivity contribution in [2.24, 2.45) is 0 Å². The third kappa shape index (κ3) is 6.13. The molecule has 0 unspecified atom stereocenters. The van der Waals surface area contributed by atoms with Crippen LogP contribution >= 0.6 is 0 Å². The molecule has 0 fully saturated rings. The van der Waals surface area contributed by atoms with Crippen molar-refractivity contribution in [3.05, 3.63) is 65.4 Å². The highest BCUT2D eigenvalue weighted by Crippen LogP contribution is 2.25. The summed E-state index contributed by atoms with van der Waals surface area (Å²) < 4.78 is 11.6. The summed E-state index contributed by atoms with van der Waals surface area (Å²) in [7, 11) is 0. The van der Waals surface area contributed by atoms with Gasteiger partial charge in [-0.3, -0.25) is 9.59 Å². The van der Waals surface area contributed by atoms with E-state index in [1.807, 2.05) is 74.2 Å². The summed E-state index contributed by atoms with van der Waals surface area (Å²) >= 11 is 0. The number of aliphatic carboxylic acids is 1. The lowest BCUT2D eigenvalue weighted by molar-refractivity contribution is -0.137. The van der Waals surface area contributed by atoms with E-state index < -0.39 is 5.97 Å². The maximum atomic E-state index is 13.3. The van der Waals surface area contributed by atoms with Crippen LogP contribution in [-0.2, 0) is 11.3 Å². The Morgan fingerprint density at radius 2 is 1.84 bits per heavy atom. The van der Waals surface area contributed by atoms with Gasteiger partial charge < -0.3 is 19.2 Å². The summed E-state index contributed by atoms with van der Waals surface area (Å²) in [6.07, 6.45) is 2.43. The Balaban J connectivity index is 1.68. The fourth-order valence-electron chi connectivity index (χ4n) is 3.66. The Morgan fingerprint density at radius 1 is 1.06 bits per heavy atom. The zero-order chi connectivity index (χ0) is 23.1. The molecule has 0 aliphatic heterocycles. The number of carbonyl (C=O) groups excluding carboxylic acids is 1. The van der Waals surface area contributed by atoms with E-state index >= 15 is 0 Å². The van der Waals surface area contributed by atoms with Crippen LogP contribution in [0.15, 0.2) is 52.9 Å². The Hall–Kier alpha value is -3.28. The van der Waals surface area contributed by atoms with Gasteiger partial charge >= 0.3 is 5.97 Å². The van der Waals surface area contributed by atoms with Crippen molar-refractivity contribution in [2.45, 2.75) is 59.0 Å². The van der Waals surface area contributed by atoms with Gasteiger partial charge in [-0.05, 0) is 70.4 Å². The van der Waals surface area contributed by atoms with Crippen molar-refractivity contribution in [2.75, 3.05) is 6.61 Å². The molecule has 32 heavy (non-hydrogen) atoms. The topological polar surface area (TPSA) is 80.0 Å². The lowest BCUT2D eigenvalue weighted by atomic mass is 10.1. The van der Waals surface area contributed by atoms with Crippen LogP contribution in [0.5, 0.6) is 5.75 Å². The van der Waals surface area contributed by atoms with Gasteiger partial charge in [-0.15, -0.1) is 0 Å². The van der Waals surface area contributed by atoms with Gasteiger partial charge in [0.15, 0.2) is 0 Å². The van der Waals surface area contributed by atoms with Gasteiger partial charge in [-0.25, -0.2) is 0 Å². The molecule has 0 bridgehead atoms. The molecule has 1 amide bonds. The molecule has 6 nitrogen and oxygen atoms in total. The van der Waals surface area contributed by atoms with Crippen LogP contribution in [0.3, 0.4) is 0 Å². The molecule has 0 aliphatic carbocycles. The van der Waals surface area contributed by atoms with Gasteiger partial charge in [0.25, 0.3) is 5.91 Å². The highest BCUT2D eigenvalue weighted by molar-refractivity contribution is 5.98. The lowest BCUT2D eigenvalue weighted by Gasteiger charge is -2.28. The van der Waals surface area contributed by atoms with Crippen LogP contribution in [0.1, 0.15) is 61.2 Å². The number of amides is 1. The van der Waals surface area contributed by atoms with Crippen LogP contribution in [0.2, 0.25) is 0 Å². The number of carboxylic acid groups (broad SMARTS) is 1. The monoisotopic (exact) mass is 437 g/mol. The number of benzene rings is 2. The predicted octanol–water partition coefficient (Wildman–Crippen LogP) is 5.82. The largest absolute Gasteiger partial charge is 0.493 e. The van der Waals surface area contributed by atoms with Crippen molar-refractivity contribution < 1.29 is 23.8 Å². The van der Waals surface area contributed by atoms with Gasteiger partial charge in [0.2, 0.25) is 0 Å². The third-order valence-corrected chi connectivity index (χ3v) is 5.38. The zero-order valence-corrected chi connectivity index (χ0v) is 19.0. The van der Waals surface area contributed by atoms with E-state index in [4.69, 9.17) is 14.3 Å². The number of fused-ring (bicyclic) bond motifs is 1. The number of carboxylic acids is 1. The van der Waals surface area contributed by atoms with E-state index in [0.717, 1.165) is 40.9 Å². The number of hydrogen-bond donors (Lipinski definition) is 1. The molecule has 1 heterocycles. The van der Waals surface area contributed by atoms with E-state index in [1.54, 1.807) is 0 Å². The summed E-state index contributed by atoms with van der Waals surface area (Å²) in [6, 6.07) is 15.2. The van der Waals surface area contributed by atoms with Crippen molar-refractivity contribution >= 4 is 22.8 Å². The highest BCUT2D eigenvalue weighted by Gasteiger charge is 2.21. The highest BCUT2D eigenvalue weighted by atomic mass is 16.5. The Labute approximate surface area is 188 Å². The van der Waals surface area contributed by atoms with E-state index in [2.05, 4.69) is 0 Å². The van der Waals surface area contributed by atoms with Gasteiger partial charge in [0.1, 0.15) is 17.1 Å². The number of nitrogens with zero attached hydrogens (tertiary/aromatic N) is 1. The molecule has 0 atom stereocenters. The van der Waals surface area contributed by atoms with E-state index in [0.29, 0.717) is 25.1 Å². The summed E-state index contributed by atoms with van der Waals surface area (Å²) in [5.41, 5.74) is 2.35. The fraction of sp³-hybridized carbons (Fsp3) is 0.385. The first-order valence-corrected chi connectivity index (χ1v) is 11.1. The number of carbonyl (C=O) groups is 2. The Kier molecular flexibility index (Phi) is 7.92. The molecule has 0 saturated heterocycles. The smallest absolute Gasteiger partial charge is 0.303 e. The Morgan fingerprint density at radius 3 is 2.59 bits per heavy atom. The molecule has 6 heteroatoms. The first-order valence-electron chi connectivity index (χ1n) is 11.1. The molecular formula is C26H31NO5. The molecule has 3 aromatic rings. The molecule has 170 valence electrons. The van der Waals surface area contributed by atoms with Crippen LogP contribution in [0.25, 0.3) is 11.0 Å². The van der Waals surface area contributed by atoms with Gasteiger partial charge in [0.05, 0.1) is 6.61 Å². The summed E-state index contributed by atoms with van der Waals surface area (Å²) in [4.78, 5) is 25.8. The van der Waals surface area contributed by atoms with Gasteiger partial charge in [-0.1, -0.05) is 18.2 Å². The average Bonchev–Trinajstić information content (AvgIpc) is 3.13. The number of rotatable bonds is 11.